The number of rotatable bonds is 16. The summed E-state index contributed by atoms with van der Waals surface area (Å²) in [5.74, 6) is -0.533. The summed E-state index contributed by atoms with van der Waals surface area (Å²) in [5, 5.41) is 3.39. The van der Waals surface area contributed by atoms with E-state index in [2.05, 4.69) is 5.32 Å². The molecule has 0 bridgehead atoms. The summed E-state index contributed by atoms with van der Waals surface area (Å²) in [7, 11) is -4.29. The fraction of sp³-hybridized carbons (Fsp3) is 0.297. The molecule has 0 unspecified atom stereocenters. The Labute approximate surface area is 283 Å². The highest BCUT2D eigenvalue weighted by molar-refractivity contribution is 7.92. The van der Waals surface area contributed by atoms with Gasteiger partial charge in [-0.05, 0) is 67.8 Å². The van der Waals surface area contributed by atoms with Crippen molar-refractivity contribution < 1.29 is 22.7 Å². The second-order valence-corrected chi connectivity index (χ2v) is 13.5. The molecular weight excluding hydrogens is 634 g/mol. The highest BCUT2D eigenvalue weighted by Gasteiger charge is 2.35. The number of amides is 2. The fourth-order valence-electron chi connectivity index (χ4n) is 5.14. The predicted molar refractivity (Wildman–Crippen MR) is 187 cm³/mol. The van der Waals surface area contributed by atoms with Crippen LogP contribution in [0.25, 0.3) is 0 Å². The van der Waals surface area contributed by atoms with Crippen molar-refractivity contribution in [2.75, 3.05) is 24.0 Å². The average molecular weight is 676 g/mol. The van der Waals surface area contributed by atoms with Gasteiger partial charge < -0.3 is 15.0 Å². The van der Waals surface area contributed by atoms with Gasteiger partial charge in [-0.1, -0.05) is 97.2 Å². The molecule has 47 heavy (non-hydrogen) atoms. The van der Waals surface area contributed by atoms with E-state index < -0.39 is 28.5 Å². The number of nitrogens with zero attached hydrogens (tertiary/aromatic N) is 2. The number of unbranched alkanes of at least 4 members (excludes halogenated alkanes) is 1. The third-order valence-corrected chi connectivity index (χ3v) is 9.71. The van der Waals surface area contributed by atoms with Gasteiger partial charge >= 0.3 is 0 Å². The zero-order valence-corrected chi connectivity index (χ0v) is 28.6. The van der Waals surface area contributed by atoms with Crippen LogP contribution < -0.4 is 14.4 Å². The van der Waals surface area contributed by atoms with E-state index in [1.807, 2.05) is 68.4 Å². The topological polar surface area (TPSA) is 96.0 Å². The molecule has 0 spiro atoms. The second kappa shape index (κ2) is 17.0. The van der Waals surface area contributed by atoms with E-state index in [0.717, 1.165) is 33.8 Å². The van der Waals surface area contributed by atoms with Gasteiger partial charge in [0, 0.05) is 24.5 Å². The first-order chi connectivity index (χ1) is 22.6. The highest BCUT2D eigenvalue weighted by Crippen LogP contribution is 2.33. The molecule has 248 valence electrons. The molecule has 10 heteroatoms. The first-order valence-corrected chi connectivity index (χ1v) is 17.6. The number of carbonyl (C=O) groups excluding carboxylic acids is 2. The number of ether oxygens (including phenoxy) is 1. The first-order valence-electron chi connectivity index (χ1n) is 15.8. The normalized spacial score (nSPS) is 11.8. The summed E-state index contributed by atoms with van der Waals surface area (Å²) in [6.45, 7) is 6.09. The van der Waals surface area contributed by atoms with E-state index in [-0.39, 0.29) is 36.1 Å². The monoisotopic (exact) mass is 675 g/mol. The van der Waals surface area contributed by atoms with Crippen molar-refractivity contribution in [2.24, 2.45) is 0 Å². The summed E-state index contributed by atoms with van der Waals surface area (Å²) in [4.78, 5) is 30.0. The number of sulfonamides is 1. The molecule has 0 heterocycles. The molecule has 0 saturated carbocycles. The molecule has 0 aliphatic heterocycles. The molecule has 0 fully saturated rings. The summed E-state index contributed by atoms with van der Waals surface area (Å²) < 4.78 is 35.5. The van der Waals surface area contributed by atoms with Crippen molar-refractivity contribution in [1.29, 1.82) is 0 Å². The number of nitrogens with one attached hydrogen (secondary N) is 1. The zero-order chi connectivity index (χ0) is 33.8. The maximum absolute atomic E-state index is 14.6. The fourth-order valence-corrected chi connectivity index (χ4v) is 6.69. The summed E-state index contributed by atoms with van der Waals surface area (Å²) in [6, 6.07) is 28.8. The molecule has 4 aromatic rings. The zero-order valence-electron chi connectivity index (χ0n) is 27.1. The van der Waals surface area contributed by atoms with Gasteiger partial charge in [0.15, 0.2) is 0 Å². The van der Waals surface area contributed by atoms with Crippen LogP contribution in [0.4, 0.5) is 5.69 Å². The number of anilines is 1. The Bertz CT molecular complexity index is 1720. The largest absolute Gasteiger partial charge is 0.492 e. The molecule has 0 aromatic heterocycles. The molecule has 0 saturated heterocycles. The van der Waals surface area contributed by atoms with Crippen LogP contribution >= 0.6 is 11.6 Å². The van der Waals surface area contributed by atoms with Gasteiger partial charge in [0.05, 0.1) is 17.2 Å². The molecule has 1 atom stereocenters. The van der Waals surface area contributed by atoms with Gasteiger partial charge in [0.1, 0.15) is 18.3 Å². The van der Waals surface area contributed by atoms with Crippen LogP contribution in [0.15, 0.2) is 108 Å². The van der Waals surface area contributed by atoms with E-state index in [4.69, 9.17) is 16.3 Å². The summed E-state index contributed by atoms with van der Waals surface area (Å²) in [6.07, 6.45) is 1.93. The average Bonchev–Trinajstić information content (AvgIpc) is 3.07. The van der Waals surface area contributed by atoms with Gasteiger partial charge in [-0.15, -0.1) is 0 Å². The standard InChI is InChI=1S/C37H42ClN3O5S/c1-4-6-24-39-37(43)34(25-29-12-8-7-9-13-29)40(26-30-18-16-28(3)17-19-30)36(42)27-41(33-14-10-11-15-35(33)46-5-2)47(44,45)32-22-20-31(38)21-23-32/h7-23,34H,4-6,24-27H2,1-3H3,(H,39,43)/t34-/m0/s1. The highest BCUT2D eigenvalue weighted by atomic mass is 35.5. The van der Waals surface area contributed by atoms with Crippen LogP contribution in [0.3, 0.4) is 0 Å². The van der Waals surface area contributed by atoms with Gasteiger partial charge in [-0.2, -0.15) is 0 Å². The number of benzene rings is 4. The van der Waals surface area contributed by atoms with Gasteiger partial charge in [0.25, 0.3) is 10.0 Å². The Kier molecular flexibility index (Phi) is 12.8. The molecule has 0 aliphatic carbocycles. The van der Waals surface area contributed by atoms with E-state index in [0.29, 0.717) is 17.3 Å². The second-order valence-electron chi connectivity index (χ2n) is 11.2. The SMILES string of the molecule is CCCCNC(=O)[C@H](Cc1ccccc1)N(Cc1ccc(C)cc1)C(=O)CN(c1ccccc1OCC)S(=O)(=O)c1ccc(Cl)cc1. The maximum Gasteiger partial charge on any atom is 0.264 e. The van der Waals surface area contributed by atoms with Crippen LogP contribution in [0, 0.1) is 6.92 Å². The number of hydrogen-bond acceptors (Lipinski definition) is 5. The van der Waals surface area contributed by atoms with Crippen LogP contribution in [0.5, 0.6) is 5.75 Å². The Morgan fingerprint density at radius 2 is 1.51 bits per heavy atom. The van der Waals surface area contributed by atoms with E-state index in [1.165, 1.54) is 29.2 Å². The molecule has 8 nitrogen and oxygen atoms in total. The Morgan fingerprint density at radius 3 is 2.17 bits per heavy atom. The quantitative estimate of drug-likeness (QED) is 0.132. The minimum atomic E-state index is -4.29. The molecule has 0 radical (unpaired) electrons. The van der Waals surface area contributed by atoms with Crippen LogP contribution in [-0.4, -0.2) is 50.9 Å². The van der Waals surface area contributed by atoms with E-state index >= 15 is 0 Å². The van der Waals surface area contributed by atoms with Gasteiger partial charge in [-0.25, -0.2) is 8.42 Å². The van der Waals surface area contributed by atoms with Crippen LogP contribution in [-0.2, 0) is 32.6 Å². The van der Waals surface area contributed by atoms with Crippen molar-refractivity contribution in [3.63, 3.8) is 0 Å². The molecule has 2 amide bonds. The molecule has 0 aliphatic rings. The minimum absolute atomic E-state index is 0.0377. The number of hydrogen-bond donors (Lipinski definition) is 1. The van der Waals surface area contributed by atoms with Crippen molar-refractivity contribution >= 4 is 39.1 Å². The molecule has 4 aromatic carbocycles. The Hall–Kier alpha value is -4.34. The van der Waals surface area contributed by atoms with E-state index in [9.17, 15) is 18.0 Å². The minimum Gasteiger partial charge on any atom is -0.492 e. The lowest BCUT2D eigenvalue weighted by molar-refractivity contribution is -0.140. The van der Waals surface area contributed by atoms with Gasteiger partial charge in [-0.3, -0.25) is 13.9 Å². The molecule has 1 N–H and O–H groups in total. The summed E-state index contributed by atoms with van der Waals surface area (Å²) in [5.41, 5.74) is 2.94. The lowest BCUT2D eigenvalue weighted by Gasteiger charge is -2.34. The van der Waals surface area contributed by atoms with E-state index in [1.54, 1.807) is 31.2 Å². The third kappa shape index (κ3) is 9.59. The summed E-state index contributed by atoms with van der Waals surface area (Å²) >= 11 is 6.09. The lowest BCUT2D eigenvalue weighted by atomic mass is 10.0. The Balaban J connectivity index is 1.82. The predicted octanol–water partition coefficient (Wildman–Crippen LogP) is 6.80. The smallest absolute Gasteiger partial charge is 0.264 e. The van der Waals surface area contributed by atoms with Crippen LogP contribution in [0.1, 0.15) is 43.4 Å². The number of halogens is 1. The molecule has 4 rings (SSSR count). The van der Waals surface area contributed by atoms with Crippen molar-refractivity contribution in [3.05, 3.63) is 125 Å². The number of aryl methyl sites for hydroxylation is 1. The van der Waals surface area contributed by atoms with Crippen molar-refractivity contribution in [3.8, 4) is 5.75 Å². The number of para-hydroxylation sites is 2. The van der Waals surface area contributed by atoms with Gasteiger partial charge in [0.2, 0.25) is 11.8 Å². The third-order valence-electron chi connectivity index (χ3n) is 7.69. The van der Waals surface area contributed by atoms with Crippen molar-refractivity contribution in [2.45, 2.75) is 57.5 Å². The maximum atomic E-state index is 14.6. The van der Waals surface area contributed by atoms with Crippen molar-refractivity contribution in [1.82, 2.24) is 10.2 Å². The first kappa shape index (κ1) is 35.5. The van der Waals surface area contributed by atoms with Crippen LogP contribution in [0.2, 0.25) is 5.02 Å². The Morgan fingerprint density at radius 1 is 0.851 bits per heavy atom. The number of carbonyl (C=O) groups is 2. The lowest BCUT2D eigenvalue weighted by Crippen LogP contribution is -2.53. The molecular formula is C37H42ClN3O5S.